The first-order chi connectivity index (χ1) is 6.66. The molecule has 1 saturated carbocycles. The Hall–Kier alpha value is -0.410. The Bertz CT molecular complexity index is 319. The van der Waals surface area contributed by atoms with Crippen LogP contribution in [0, 0.1) is 25.7 Å². The highest BCUT2D eigenvalue weighted by Gasteiger charge is 2.31. The molecule has 2 atom stereocenters. The molecule has 0 bridgehead atoms. The predicted molar refractivity (Wildman–Crippen MR) is 60.6 cm³/mol. The van der Waals surface area contributed by atoms with Crippen molar-refractivity contribution in [3.05, 3.63) is 15.6 Å². The second-order valence-electron chi connectivity index (χ2n) is 4.35. The summed E-state index contributed by atoms with van der Waals surface area (Å²) in [4.78, 5) is 5.82. The third kappa shape index (κ3) is 2.34. The van der Waals surface area contributed by atoms with Crippen LogP contribution in [0.3, 0.4) is 0 Å². The Labute approximate surface area is 89.8 Å². The van der Waals surface area contributed by atoms with Gasteiger partial charge in [-0.2, -0.15) is 0 Å². The van der Waals surface area contributed by atoms with E-state index in [0.717, 1.165) is 18.4 Å². The molecule has 1 aromatic rings. The highest BCUT2D eigenvalue weighted by atomic mass is 32.1. The van der Waals surface area contributed by atoms with Crippen LogP contribution in [0.5, 0.6) is 0 Å². The fourth-order valence-electron chi connectivity index (χ4n) is 1.79. The monoisotopic (exact) mass is 210 g/mol. The SMILES string of the molecule is Cc1nc(C)c(CNCC2CC2C)s1. The average Bonchev–Trinajstić information content (AvgIpc) is 2.70. The second kappa shape index (κ2) is 3.99. The maximum atomic E-state index is 4.42. The van der Waals surface area contributed by atoms with E-state index in [-0.39, 0.29) is 0 Å². The summed E-state index contributed by atoms with van der Waals surface area (Å²) in [7, 11) is 0. The molecule has 0 aliphatic heterocycles. The summed E-state index contributed by atoms with van der Waals surface area (Å²) in [5.41, 5.74) is 1.20. The van der Waals surface area contributed by atoms with Gasteiger partial charge >= 0.3 is 0 Å². The molecule has 0 aromatic carbocycles. The van der Waals surface area contributed by atoms with E-state index in [4.69, 9.17) is 0 Å². The van der Waals surface area contributed by atoms with E-state index in [9.17, 15) is 0 Å². The van der Waals surface area contributed by atoms with Gasteiger partial charge in [-0.3, -0.25) is 0 Å². The lowest BCUT2D eigenvalue weighted by Crippen LogP contribution is -2.16. The van der Waals surface area contributed by atoms with Crippen LogP contribution in [0.4, 0.5) is 0 Å². The van der Waals surface area contributed by atoms with Crippen LogP contribution in [-0.2, 0) is 6.54 Å². The molecule has 3 heteroatoms. The van der Waals surface area contributed by atoms with Gasteiger partial charge in [0.05, 0.1) is 10.7 Å². The van der Waals surface area contributed by atoms with Crippen molar-refractivity contribution in [3.63, 3.8) is 0 Å². The molecule has 1 aliphatic rings. The number of aromatic nitrogens is 1. The predicted octanol–water partition coefficient (Wildman–Crippen LogP) is 2.51. The van der Waals surface area contributed by atoms with E-state index >= 15 is 0 Å². The van der Waals surface area contributed by atoms with E-state index in [1.807, 2.05) is 11.3 Å². The molecular weight excluding hydrogens is 192 g/mol. The molecule has 2 unspecified atom stereocenters. The van der Waals surface area contributed by atoms with E-state index in [0.29, 0.717) is 0 Å². The minimum absolute atomic E-state index is 0.935. The Kier molecular flexibility index (Phi) is 2.88. The summed E-state index contributed by atoms with van der Waals surface area (Å²) < 4.78 is 0. The molecule has 0 amide bonds. The lowest BCUT2D eigenvalue weighted by atomic mass is 10.3. The standard InChI is InChI=1S/C11H18N2S/c1-7-4-10(7)5-12-6-11-8(2)13-9(3)14-11/h7,10,12H,4-6H2,1-3H3. The molecule has 1 aliphatic carbocycles. The molecule has 1 heterocycles. The van der Waals surface area contributed by atoms with Crippen molar-refractivity contribution < 1.29 is 0 Å². The van der Waals surface area contributed by atoms with Gasteiger partial charge in [0.2, 0.25) is 0 Å². The highest BCUT2D eigenvalue weighted by Crippen LogP contribution is 2.36. The zero-order valence-corrected chi connectivity index (χ0v) is 9.95. The summed E-state index contributed by atoms with van der Waals surface area (Å²) in [5.74, 6) is 1.89. The summed E-state index contributed by atoms with van der Waals surface area (Å²) >= 11 is 1.81. The van der Waals surface area contributed by atoms with Crippen LogP contribution in [0.1, 0.15) is 28.9 Å². The van der Waals surface area contributed by atoms with E-state index in [1.54, 1.807) is 0 Å². The zero-order chi connectivity index (χ0) is 10.1. The Morgan fingerprint density at radius 1 is 1.50 bits per heavy atom. The summed E-state index contributed by atoms with van der Waals surface area (Å²) in [5, 5.41) is 4.70. The largest absolute Gasteiger partial charge is 0.311 e. The molecule has 2 rings (SSSR count). The number of nitrogens with zero attached hydrogens (tertiary/aromatic N) is 1. The van der Waals surface area contributed by atoms with Gasteiger partial charge in [0, 0.05) is 11.4 Å². The van der Waals surface area contributed by atoms with E-state index in [2.05, 4.69) is 31.1 Å². The molecular formula is C11H18N2S. The van der Waals surface area contributed by atoms with Crippen LogP contribution in [-0.4, -0.2) is 11.5 Å². The fourth-order valence-corrected chi connectivity index (χ4v) is 2.70. The lowest BCUT2D eigenvalue weighted by Gasteiger charge is -2.01. The summed E-state index contributed by atoms with van der Waals surface area (Å²) in [6, 6.07) is 0. The van der Waals surface area contributed by atoms with Crippen LogP contribution in [0.25, 0.3) is 0 Å². The molecule has 1 aromatic heterocycles. The van der Waals surface area contributed by atoms with Crippen LogP contribution < -0.4 is 5.32 Å². The Morgan fingerprint density at radius 2 is 2.21 bits per heavy atom. The van der Waals surface area contributed by atoms with Crippen molar-refractivity contribution >= 4 is 11.3 Å². The molecule has 1 fully saturated rings. The molecule has 0 radical (unpaired) electrons. The smallest absolute Gasteiger partial charge is 0.0900 e. The van der Waals surface area contributed by atoms with Gasteiger partial charge in [-0.1, -0.05) is 6.92 Å². The third-order valence-electron chi connectivity index (χ3n) is 2.97. The van der Waals surface area contributed by atoms with Crippen molar-refractivity contribution in [1.29, 1.82) is 0 Å². The Balaban J connectivity index is 1.77. The van der Waals surface area contributed by atoms with Crippen molar-refractivity contribution in [2.24, 2.45) is 11.8 Å². The lowest BCUT2D eigenvalue weighted by molar-refractivity contribution is 0.614. The average molecular weight is 210 g/mol. The molecule has 14 heavy (non-hydrogen) atoms. The van der Waals surface area contributed by atoms with Gasteiger partial charge in [-0.05, 0) is 38.6 Å². The topological polar surface area (TPSA) is 24.9 Å². The van der Waals surface area contributed by atoms with E-state index in [1.165, 1.54) is 28.5 Å². The van der Waals surface area contributed by atoms with Crippen molar-refractivity contribution in [1.82, 2.24) is 10.3 Å². The normalized spacial score (nSPS) is 25.4. The molecule has 1 N–H and O–H groups in total. The number of nitrogens with one attached hydrogen (secondary N) is 1. The van der Waals surface area contributed by atoms with Crippen molar-refractivity contribution in [2.75, 3.05) is 6.54 Å². The van der Waals surface area contributed by atoms with Gasteiger partial charge in [-0.15, -0.1) is 11.3 Å². The van der Waals surface area contributed by atoms with Gasteiger partial charge in [-0.25, -0.2) is 4.98 Å². The molecule has 2 nitrogen and oxygen atoms in total. The minimum Gasteiger partial charge on any atom is -0.311 e. The molecule has 0 saturated heterocycles. The minimum atomic E-state index is 0.935. The van der Waals surface area contributed by atoms with Crippen LogP contribution in [0.2, 0.25) is 0 Å². The third-order valence-corrected chi connectivity index (χ3v) is 4.04. The fraction of sp³-hybridized carbons (Fsp3) is 0.727. The van der Waals surface area contributed by atoms with Gasteiger partial charge < -0.3 is 5.32 Å². The molecule has 78 valence electrons. The van der Waals surface area contributed by atoms with Crippen molar-refractivity contribution in [2.45, 2.75) is 33.7 Å². The Morgan fingerprint density at radius 3 is 2.71 bits per heavy atom. The number of hydrogen-bond donors (Lipinski definition) is 1. The maximum absolute atomic E-state index is 4.42. The quantitative estimate of drug-likeness (QED) is 0.826. The van der Waals surface area contributed by atoms with Gasteiger partial charge in [0.1, 0.15) is 0 Å². The second-order valence-corrected chi connectivity index (χ2v) is 5.63. The van der Waals surface area contributed by atoms with Gasteiger partial charge in [0.15, 0.2) is 0 Å². The number of thiazole rings is 1. The zero-order valence-electron chi connectivity index (χ0n) is 9.13. The van der Waals surface area contributed by atoms with Crippen molar-refractivity contribution in [3.8, 4) is 0 Å². The number of hydrogen-bond acceptors (Lipinski definition) is 3. The first-order valence-corrected chi connectivity index (χ1v) is 6.12. The number of rotatable bonds is 4. The molecule has 0 spiro atoms. The first kappa shape index (κ1) is 10.1. The first-order valence-electron chi connectivity index (χ1n) is 5.30. The highest BCUT2D eigenvalue weighted by molar-refractivity contribution is 7.11. The van der Waals surface area contributed by atoms with E-state index < -0.39 is 0 Å². The van der Waals surface area contributed by atoms with Crippen LogP contribution >= 0.6 is 11.3 Å². The van der Waals surface area contributed by atoms with Gasteiger partial charge in [0.25, 0.3) is 0 Å². The summed E-state index contributed by atoms with van der Waals surface area (Å²) in [6.45, 7) is 8.68. The maximum Gasteiger partial charge on any atom is 0.0900 e. The number of aryl methyl sites for hydroxylation is 2. The summed E-state index contributed by atoms with van der Waals surface area (Å²) in [6.07, 6.45) is 1.41. The van der Waals surface area contributed by atoms with Crippen LogP contribution in [0.15, 0.2) is 0 Å².